The molecule has 3 aromatic rings. The van der Waals surface area contributed by atoms with Crippen LogP contribution in [0.2, 0.25) is 0 Å². The zero-order valence-electron chi connectivity index (χ0n) is 15.7. The Morgan fingerprint density at radius 3 is 2.67 bits per heavy atom. The number of aryl methyl sites for hydroxylation is 1. The molecule has 1 unspecified atom stereocenters. The van der Waals surface area contributed by atoms with E-state index in [0.29, 0.717) is 6.54 Å². The lowest BCUT2D eigenvalue weighted by molar-refractivity contribution is 0.422. The van der Waals surface area contributed by atoms with E-state index in [1.54, 1.807) is 7.05 Å². The number of thiophene rings is 1. The van der Waals surface area contributed by atoms with E-state index in [4.69, 9.17) is 4.52 Å². The van der Waals surface area contributed by atoms with Crippen LogP contribution >= 0.6 is 35.3 Å². The van der Waals surface area contributed by atoms with Gasteiger partial charge in [-0.3, -0.25) is 4.99 Å². The summed E-state index contributed by atoms with van der Waals surface area (Å²) < 4.78 is 5.43. The number of halogens is 1. The number of hydrogen-bond acceptors (Lipinski definition) is 4. The van der Waals surface area contributed by atoms with Gasteiger partial charge in [-0.1, -0.05) is 35.5 Å². The van der Waals surface area contributed by atoms with E-state index in [0.717, 1.165) is 29.4 Å². The van der Waals surface area contributed by atoms with Gasteiger partial charge in [-0.15, -0.1) is 35.3 Å². The molecule has 0 aliphatic rings. The van der Waals surface area contributed by atoms with Crippen molar-refractivity contribution in [3.63, 3.8) is 0 Å². The minimum atomic E-state index is 0. The summed E-state index contributed by atoms with van der Waals surface area (Å²) in [6.07, 6.45) is 0.974. The van der Waals surface area contributed by atoms with E-state index in [2.05, 4.69) is 46.8 Å². The highest BCUT2D eigenvalue weighted by atomic mass is 127. The second kappa shape index (κ2) is 10.5. The van der Waals surface area contributed by atoms with Gasteiger partial charge in [-0.05, 0) is 26.0 Å². The Balaban J connectivity index is 0.00000261. The maximum Gasteiger partial charge on any atom is 0.191 e. The molecule has 2 aromatic heterocycles. The van der Waals surface area contributed by atoms with Gasteiger partial charge in [0, 0.05) is 40.9 Å². The molecule has 5 nitrogen and oxygen atoms in total. The van der Waals surface area contributed by atoms with Crippen molar-refractivity contribution < 1.29 is 4.52 Å². The molecule has 0 saturated carbocycles. The Morgan fingerprint density at radius 1 is 1.22 bits per heavy atom. The molecule has 0 spiro atoms. The summed E-state index contributed by atoms with van der Waals surface area (Å²) in [5.74, 6) is 1.53. The first-order valence-electron chi connectivity index (χ1n) is 8.67. The van der Waals surface area contributed by atoms with Gasteiger partial charge >= 0.3 is 0 Å². The summed E-state index contributed by atoms with van der Waals surface area (Å²) in [7, 11) is 1.77. The van der Waals surface area contributed by atoms with Crippen LogP contribution in [-0.4, -0.2) is 24.2 Å². The quantitative estimate of drug-likeness (QED) is 0.297. The largest absolute Gasteiger partial charge is 0.356 e. The Labute approximate surface area is 181 Å². The van der Waals surface area contributed by atoms with Crippen LogP contribution in [0.3, 0.4) is 0 Å². The number of benzene rings is 1. The fraction of sp³-hybridized carbons (Fsp3) is 0.300. The van der Waals surface area contributed by atoms with Crippen LogP contribution in [0.15, 0.2) is 58.0 Å². The summed E-state index contributed by atoms with van der Waals surface area (Å²) in [5, 5.41) is 10.8. The van der Waals surface area contributed by atoms with Crippen molar-refractivity contribution in [3.05, 3.63) is 64.0 Å². The molecule has 0 bridgehead atoms. The maximum atomic E-state index is 5.43. The highest BCUT2D eigenvalue weighted by Gasteiger charge is 2.10. The molecule has 7 heteroatoms. The average Bonchev–Trinajstić information content (AvgIpc) is 3.28. The van der Waals surface area contributed by atoms with Gasteiger partial charge in [0.1, 0.15) is 5.69 Å². The monoisotopic (exact) mass is 496 g/mol. The van der Waals surface area contributed by atoms with Crippen LogP contribution in [0.4, 0.5) is 0 Å². The van der Waals surface area contributed by atoms with E-state index >= 15 is 0 Å². The maximum absolute atomic E-state index is 5.43. The molecule has 1 atom stereocenters. The first kappa shape index (κ1) is 21.4. The molecule has 0 saturated heterocycles. The third kappa shape index (κ3) is 6.35. The Bertz CT molecular complexity index is 860. The second-order valence-corrected chi connectivity index (χ2v) is 7.61. The van der Waals surface area contributed by atoms with Crippen LogP contribution in [0.1, 0.15) is 22.4 Å². The fourth-order valence-electron chi connectivity index (χ4n) is 2.68. The first-order valence-corrected chi connectivity index (χ1v) is 9.49. The number of nitrogens with one attached hydrogen (secondary N) is 2. The SMILES string of the molecule is CN=C(NCc1cc(-c2ccccc2)on1)NC(C)Cc1ccc(C)s1.I. The van der Waals surface area contributed by atoms with Crippen molar-refractivity contribution in [2.24, 2.45) is 4.99 Å². The summed E-state index contributed by atoms with van der Waals surface area (Å²) in [4.78, 5) is 7.01. The molecule has 1 aromatic carbocycles. The number of aromatic nitrogens is 1. The van der Waals surface area contributed by atoms with Gasteiger partial charge < -0.3 is 15.2 Å². The standard InChI is InChI=1S/C20H24N4OS.HI/c1-14(11-18-10-9-15(2)26-18)23-20(21-3)22-13-17-12-19(25-24-17)16-7-5-4-6-8-16;/h4-10,12,14H,11,13H2,1-3H3,(H2,21,22,23);1H. The summed E-state index contributed by atoms with van der Waals surface area (Å²) in [5.41, 5.74) is 1.86. The van der Waals surface area contributed by atoms with Crippen LogP contribution < -0.4 is 10.6 Å². The molecule has 0 aliphatic carbocycles. The molecule has 2 heterocycles. The fourth-order valence-corrected chi connectivity index (χ4v) is 3.70. The van der Waals surface area contributed by atoms with Crippen LogP contribution in [0.5, 0.6) is 0 Å². The minimum Gasteiger partial charge on any atom is -0.356 e. The Morgan fingerprint density at radius 2 is 2.00 bits per heavy atom. The topological polar surface area (TPSA) is 62.5 Å². The average molecular weight is 496 g/mol. The lowest BCUT2D eigenvalue weighted by atomic mass is 10.2. The van der Waals surface area contributed by atoms with Gasteiger partial charge in [0.2, 0.25) is 0 Å². The zero-order valence-corrected chi connectivity index (χ0v) is 18.9. The zero-order chi connectivity index (χ0) is 18.4. The highest BCUT2D eigenvalue weighted by molar-refractivity contribution is 14.0. The third-order valence-electron chi connectivity index (χ3n) is 3.96. The van der Waals surface area contributed by atoms with E-state index in [9.17, 15) is 0 Å². The highest BCUT2D eigenvalue weighted by Crippen LogP contribution is 2.19. The van der Waals surface area contributed by atoms with Crippen LogP contribution in [-0.2, 0) is 13.0 Å². The van der Waals surface area contributed by atoms with Crippen molar-refractivity contribution in [2.45, 2.75) is 32.9 Å². The molecule has 0 amide bonds. The second-order valence-electron chi connectivity index (χ2n) is 6.24. The molecule has 0 fully saturated rings. The van der Waals surface area contributed by atoms with Crippen molar-refractivity contribution in [2.75, 3.05) is 7.05 Å². The summed E-state index contributed by atoms with van der Waals surface area (Å²) in [6.45, 7) is 4.85. The Kier molecular flexibility index (Phi) is 8.30. The predicted molar refractivity (Wildman–Crippen MR) is 123 cm³/mol. The van der Waals surface area contributed by atoms with Crippen LogP contribution in [0.25, 0.3) is 11.3 Å². The van der Waals surface area contributed by atoms with Gasteiger partial charge in [0.15, 0.2) is 11.7 Å². The van der Waals surface area contributed by atoms with Crippen molar-refractivity contribution in [1.29, 1.82) is 0 Å². The molecular weight excluding hydrogens is 471 g/mol. The molecule has 27 heavy (non-hydrogen) atoms. The van der Waals surface area contributed by atoms with E-state index in [1.165, 1.54) is 9.75 Å². The molecule has 144 valence electrons. The summed E-state index contributed by atoms with van der Waals surface area (Å²) >= 11 is 1.84. The number of nitrogens with zero attached hydrogens (tertiary/aromatic N) is 2. The van der Waals surface area contributed by atoms with Gasteiger partial charge in [-0.2, -0.15) is 0 Å². The number of hydrogen-bond donors (Lipinski definition) is 2. The minimum absolute atomic E-state index is 0. The van der Waals surface area contributed by atoms with Crippen LogP contribution in [0, 0.1) is 6.92 Å². The van der Waals surface area contributed by atoms with Crippen molar-refractivity contribution >= 4 is 41.3 Å². The van der Waals surface area contributed by atoms with Gasteiger partial charge in [0.05, 0.1) is 6.54 Å². The number of guanidine groups is 1. The van der Waals surface area contributed by atoms with E-state index in [1.807, 2.05) is 47.7 Å². The summed E-state index contributed by atoms with van der Waals surface area (Å²) in [6, 6.07) is 16.6. The number of rotatable bonds is 6. The normalized spacial score (nSPS) is 12.3. The molecular formula is C20H25IN4OS. The number of aliphatic imine (C=N–C) groups is 1. The molecule has 3 rings (SSSR count). The Hall–Kier alpha value is -1.87. The van der Waals surface area contributed by atoms with Gasteiger partial charge in [0.25, 0.3) is 0 Å². The molecule has 0 radical (unpaired) electrons. The van der Waals surface area contributed by atoms with Crippen molar-refractivity contribution in [1.82, 2.24) is 15.8 Å². The van der Waals surface area contributed by atoms with E-state index < -0.39 is 0 Å². The van der Waals surface area contributed by atoms with E-state index in [-0.39, 0.29) is 30.0 Å². The van der Waals surface area contributed by atoms with Gasteiger partial charge in [-0.25, -0.2) is 0 Å². The van der Waals surface area contributed by atoms with Crippen molar-refractivity contribution in [3.8, 4) is 11.3 Å². The predicted octanol–water partition coefficient (Wildman–Crippen LogP) is 4.63. The third-order valence-corrected chi connectivity index (χ3v) is 4.99. The smallest absolute Gasteiger partial charge is 0.191 e. The lowest BCUT2D eigenvalue weighted by Crippen LogP contribution is -2.42. The molecule has 0 aliphatic heterocycles. The molecule has 2 N–H and O–H groups in total. The lowest BCUT2D eigenvalue weighted by Gasteiger charge is -2.16. The first-order chi connectivity index (χ1) is 12.6.